The monoisotopic (exact) mass is 284 g/mol. The molecule has 0 saturated heterocycles. The van der Waals surface area contributed by atoms with Gasteiger partial charge in [0.2, 0.25) is 0 Å². The maximum absolute atomic E-state index is 6.02. The summed E-state index contributed by atoms with van der Waals surface area (Å²) in [6, 6.07) is 2.29. The number of rotatable bonds is 2. The first-order valence-corrected chi connectivity index (χ1v) is 7.90. The molecule has 0 aromatic carbocycles. The van der Waals surface area contributed by atoms with Crippen molar-refractivity contribution in [1.29, 1.82) is 0 Å². The Hall–Kier alpha value is -0.450. The molecule has 17 heavy (non-hydrogen) atoms. The Balaban J connectivity index is 1.94. The Morgan fingerprint density at radius 3 is 2.76 bits per heavy atom. The van der Waals surface area contributed by atoms with E-state index in [0.717, 1.165) is 10.0 Å². The lowest BCUT2D eigenvalue weighted by Crippen LogP contribution is -1.96. The number of aryl methyl sites for hydroxylation is 2. The topological polar surface area (TPSA) is 25.8 Å². The first-order valence-electron chi connectivity index (χ1n) is 5.83. The summed E-state index contributed by atoms with van der Waals surface area (Å²) in [5, 5.41) is 10.3. The molecule has 2 heterocycles. The van der Waals surface area contributed by atoms with E-state index in [1.165, 1.54) is 36.1 Å². The van der Waals surface area contributed by atoms with Gasteiger partial charge in [-0.1, -0.05) is 11.3 Å². The fourth-order valence-corrected chi connectivity index (χ4v) is 4.33. The standard InChI is InChI=1S/C12H13ClN2S2/c1-7(13)11-14-15-12(17-11)10-6-8-4-2-3-5-9(8)16-10/h6-7H,2-5H2,1H3. The smallest absolute Gasteiger partial charge is 0.142 e. The number of alkyl halides is 1. The molecule has 1 aliphatic rings. The summed E-state index contributed by atoms with van der Waals surface area (Å²) in [4.78, 5) is 2.81. The Morgan fingerprint density at radius 1 is 1.24 bits per heavy atom. The highest BCUT2D eigenvalue weighted by molar-refractivity contribution is 7.21. The second kappa shape index (κ2) is 4.67. The highest BCUT2D eigenvalue weighted by atomic mass is 35.5. The fourth-order valence-electron chi connectivity index (χ4n) is 2.09. The molecule has 2 aromatic heterocycles. The van der Waals surface area contributed by atoms with Crippen LogP contribution in [0.1, 0.15) is 40.6 Å². The van der Waals surface area contributed by atoms with Crippen LogP contribution < -0.4 is 0 Å². The van der Waals surface area contributed by atoms with E-state index >= 15 is 0 Å². The zero-order valence-corrected chi connectivity index (χ0v) is 12.0. The summed E-state index contributed by atoms with van der Waals surface area (Å²) < 4.78 is 0. The Kier molecular flexibility index (Phi) is 3.19. The summed E-state index contributed by atoms with van der Waals surface area (Å²) in [6.07, 6.45) is 5.11. The zero-order chi connectivity index (χ0) is 11.8. The lowest BCUT2D eigenvalue weighted by molar-refractivity contribution is 0.697. The van der Waals surface area contributed by atoms with Gasteiger partial charge in [-0.15, -0.1) is 33.1 Å². The minimum Gasteiger partial charge on any atom is -0.142 e. The Bertz CT molecular complexity index is 507. The number of fused-ring (bicyclic) bond motifs is 1. The minimum atomic E-state index is -0.0455. The minimum absolute atomic E-state index is 0.0455. The second-order valence-corrected chi connectivity index (χ2v) is 7.13. The fraction of sp³-hybridized carbons (Fsp3) is 0.500. The van der Waals surface area contributed by atoms with Crippen molar-refractivity contribution in [2.45, 2.75) is 38.0 Å². The van der Waals surface area contributed by atoms with E-state index < -0.39 is 0 Å². The van der Waals surface area contributed by atoms with Crippen molar-refractivity contribution in [3.63, 3.8) is 0 Å². The molecule has 0 radical (unpaired) electrons. The molecule has 0 aliphatic heterocycles. The summed E-state index contributed by atoms with van der Waals surface area (Å²) in [7, 11) is 0. The maximum Gasteiger partial charge on any atom is 0.157 e. The molecule has 0 N–H and O–H groups in total. The van der Waals surface area contributed by atoms with Crippen molar-refractivity contribution in [2.24, 2.45) is 0 Å². The Morgan fingerprint density at radius 2 is 2.06 bits per heavy atom. The highest BCUT2D eigenvalue weighted by Crippen LogP contribution is 2.38. The van der Waals surface area contributed by atoms with Crippen molar-refractivity contribution < 1.29 is 0 Å². The van der Waals surface area contributed by atoms with E-state index in [0.29, 0.717) is 0 Å². The second-order valence-electron chi connectivity index (χ2n) is 4.33. The first-order chi connectivity index (χ1) is 8.24. The van der Waals surface area contributed by atoms with E-state index in [1.807, 2.05) is 18.3 Å². The third kappa shape index (κ3) is 2.26. The van der Waals surface area contributed by atoms with Crippen LogP contribution >= 0.6 is 34.3 Å². The average molecular weight is 285 g/mol. The van der Waals surface area contributed by atoms with Gasteiger partial charge in [-0.2, -0.15) is 0 Å². The van der Waals surface area contributed by atoms with Crippen LogP contribution in [0, 0.1) is 0 Å². The third-order valence-electron chi connectivity index (χ3n) is 2.99. The number of nitrogens with zero attached hydrogens (tertiary/aromatic N) is 2. The molecule has 0 fully saturated rings. The van der Waals surface area contributed by atoms with Crippen LogP contribution in [0.3, 0.4) is 0 Å². The van der Waals surface area contributed by atoms with Crippen molar-refractivity contribution >= 4 is 34.3 Å². The summed E-state index contributed by atoms with van der Waals surface area (Å²) >= 11 is 9.51. The predicted octanol–water partition coefficient (Wildman–Crippen LogP) is 4.45. The van der Waals surface area contributed by atoms with Crippen molar-refractivity contribution in [3.8, 4) is 9.88 Å². The summed E-state index contributed by atoms with van der Waals surface area (Å²) in [5.41, 5.74) is 1.52. The molecule has 1 atom stereocenters. The SMILES string of the molecule is CC(Cl)c1nnc(-c2cc3c(s2)CCCC3)s1. The molecule has 1 unspecified atom stereocenters. The summed E-state index contributed by atoms with van der Waals surface area (Å²) in [6.45, 7) is 1.94. The van der Waals surface area contributed by atoms with E-state index in [1.54, 1.807) is 16.2 Å². The van der Waals surface area contributed by atoms with Crippen LogP contribution in [-0.4, -0.2) is 10.2 Å². The van der Waals surface area contributed by atoms with Gasteiger partial charge in [-0.05, 0) is 44.2 Å². The zero-order valence-electron chi connectivity index (χ0n) is 9.57. The van der Waals surface area contributed by atoms with Gasteiger partial charge < -0.3 is 0 Å². The number of hydrogen-bond acceptors (Lipinski definition) is 4. The molecule has 0 saturated carbocycles. The summed E-state index contributed by atoms with van der Waals surface area (Å²) in [5.74, 6) is 0. The van der Waals surface area contributed by atoms with Gasteiger partial charge in [0, 0.05) is 4.88 Å². The lowest BCUT2D eigenvalue weighted by atomic mass is 9.99. The molecule has 2 nitrogen and oxygen atoms in total. The predicted molar refractivity (Wildman–Crippen MR) is 74.1 cm³/mol. The van der Waals surface area contributed by atoms with Crippen LogP contribution in [-0.2, 0) is 12.8 Å². The molecular formula is C12H13ClN2S2. The maximum atomic E-state index is 6.02. The molecule has 0 amide bonds. The largest absolute Gasteiger partial charge is 0.157 e. The Labute approximate surface area is 114 Å². The first kappa shape index (κ1) is 11.6. The van der Waals surface area contributed by atoms with Gasteiger partial charge in [0.25, 0.3) is 0 Å². The van der Waals surface area contributed by atoms with Gasteiger partial charge in [0.05, 0.1) is 10.3 Å². The quantitative estimate of drug-likeness (QED) is 0.762. The van der Waals surface area contributed by atoms with E-state index in [2.05, 4.69) is 16.3 Å². The molecule has 0 bridgehead atoms. The van der Waals surface area contributed by atoms with Crippen molar-refractivity contribution in [1.82, 2.24) is 10.2 Å². The van der Waals surface area contributed by atoms with Gasteiger partial charge in [0.1, 0.15) is 5.01 Å². The number of halogens is 1. The molecular weight excluding hydrogens is 272 g/mol. The molecule has 5 heteroatoms. The van der Waals surface area contributed by atoms with Crippen molar-refractivity contribution in [2.75, 3.05) is 0 Å². The van der Waals surface area contributed by atoms with Gasteiger partial charge >= 0.3 is 0 Å². The van der Waals surface area contributed by atoms with Gasteiger partial charge in [0.15, 0.2) is 5.01 Å². The van der Waals surface area contributed by atoms with Gasteiger partial charge in [-0.3, -0.25) is 0 Å². The van der Waals surface area contributed by atoms with Gasteiger partial charge in [-0.25, -0.2) is 0 Å². The van der Waals surface area contributed by atoms with E-state index in [-0.39, 0.29) is 5.38 Å². The average Bonchev–Trinajstić information content (AvgIpc) is 2.95. The molecule has 0 spiro atoms. The molecule has 1 aliphatic carbocycles. The van der Waals surface area contributed by atoms with Crippen LogP contribution in [0.5, 0.6) is 0 Å². The molecule has 90 valence electrons. The van der Waals surface area contributed by atoms with E-state index in [4.69, 9.17) is 11.6 Å². The number of thiophene rings is 1. The number of hydrogen-bond donors (Lipinski definition) is 0. The van der Waals surface area contributed by atoms with Crippen LogP contribution in [0.4, 0.5) is 0 Å². The third-order valence-corrected chi connectivity index (χ3v) is 5.84. The van der Waals surface area contributed by atoms with Crippen LogP contribution in [0.15, 0.2) is 6.07 Å². The van der Waals surface area contributed by atoms with Crippen LogP contribution in [0.2, 0.25) is 0 Å². The number of aromatic nitrogens is 2. The van der Waals surface area contributed by atoms with Crippen LogP contribution in [0.25, 0.3) is 9.88 Å². The highest BCUT2D eigenvalue weighted by Gasteiger charge is 2.17. The lowest BCUT2D eigenvalue weighted by Gasteiger charge is -2.08. The molecule has 3 rings (SSSR count). The van der Waals surface area contributed by atoms with E-state index in [9.17, 15) is 0 Å². The normalized spacial score (nSPS) is 16.8. The van der Waals surface area contributed by atoms with Crippen molar-refractivity contribution in [3.05, 3.63) is 21.5 Å². The molecule has 2 aromatic rings.